The van der Waals surface area contributed by atoms with Crippen LogP contribution in [0.1, 0.15) is 30.0 Å². The number of rotatable bonds is 9. The first-order valence-corrected chi connectivity index (χ1v) is 14.3. The van der Waals surface area contributed by atoms with Gasteiger partial charge in [0.2, 0.25) is 0 Å². The Morgan fingerprint density at radius 2 is 1.59 bits per heavy atom. The van der Waals surface area contributed by atoms with E-state index in [1.807, 2.05) is 18.2 Å². The molecule has 0 bridgehead atoms. The fourth-order valence-electron chi connectivity index (χ4n) is 6.15. The molecular formula is C35H35ClN2O. The van der Waals surface area contributed by atoms with Crippen molar-refractivity contribution in [2.75, 3.05) is 6.54 Å². The Balaban J connectivity index is 1.25. The van der Waals surface area contributed by atoms with Gasteiger partial charge in [-0.05, 0) is 60.7 Å². The van der Waals surface area contributed by atoms with Crippen LogP contribution in [-0.2, 0) is 24.3 Å². The number of nitrogens with zero attached hydrogens (tertiary/aromatic N) is 2. The van der Waals surface area contributed by atoms with Crippen molar-refractivity contribution < 1.29 is 4.74 Å². The van der Waals surface area contributed by atoms with Gasteiger partial charge in [-0.1, -0.05) is 96.5 Å². The summed E-state index contributed by atoms with van der Waals surface area (Å²) in [6.07, 6.45) is 13.8. The van der Waals surface area contributed by atoms with Crippen LogP contribution < -0.4 is 0 Å². The van der Waals surface area contributed by atoms with Crippen LogP contribution in [-0.4, -0.2) is 22.4 Å². The zero-order valence-corrected chi connectivity index (χ0v) is 23.2. The molecule has 3 unspecified atom stereocenters. The highest BCUT2D eigenvalue weighted by Gasteiger charge is 2.45. The highest BCUT2D eigenvalue weighted by Crippen LogP contribution is 2.47. The van der Waals surface area contributed by atoms with Crippen molar-refractivity contribution in [2.24, 2.45) is 11.8 Å². The second-order valence-corrected chi connectivity index (χ2v) is 11.1. The number of halogens is 1. The van der Waals surface area contributed by atoms with Gasteiger partial charge >= 0.3 is 0 Å². The molecule has 3 aromatic carbocycles. The minimum absolute atomic E-state index is 0.274. The van der Waals surface area contributed by atoms with Crippen molar-refractivity contribution in [3.63, 3.8) is 0 Å². The van der Waals surface area contributed by atoms with E-state index in [2.05, 4.69) is 114 Å². The topological polar surface area (TPSA) is 15.7 Å². The van der Waals surface area contributed by atoms with E-state index in [0.717, 1.165) is 42.3 Å². The molecule has 0 radical (unpaired) electrons. The third-order valence-electron chi connectivity index (χ3n) is 8.08. The van der Waals surface area contributed by atoms with Gasteiger partial charge in [-0.25, -0.2) is 0 Å². The summed E-state index contributed by atoms with van der Waals surface area (Å²) in [7, 11) is 0. The summed E-state index contributed by atoms with van der Waals surface area (Å²) in [6.45, 7) is 4.70. The van der Waals surface area contributed by atoms with Gasteiger partial charge in [0, 0.05) is 47.5 Å². The van der Waals surface area contributed by atoms with Gasteiger partial charge in [0.1, 0.15) is 12.4 Å². The van der Waals surface area contributed by atoms with Gasteiger partial charge in [-0.15, -0.1) is 0 Å². The predicted molar refractivity (Wildman–Crippen MR) is 160 cm³/mol. The maximum absolute atomic E-state index is 6.28. The van der Waals surface area contributed by atoms with Crippen molar-refractivity contribution in [3.8, 4) is 0 Å². The number of hydrogen-bond donors (Lipinski definition) is 0. The monoisotopic (exact) mass is 534 g/mol. The largest absolute Gasteiger partial charge is 0.489 e. The Hall–Kier alpha value is -3.69. The number of benzene rings is 3. The van der Waals surface area contributed by atoms with Crippen LogP contribution in [0.5, 0.6) is 0 Å². The fraction of sp³-hybridized carbons (Fsp3) is 0.257. The maximum Gasteiger partial charge on any atom is 0.117 e. The van der Waals surface area contributed by atoms with Crippen molar-refractivity contribution in [1.29, 1.82) is 0 Å². The van der Waals surface area contributed by atoms with Gasteiger partial charge in [0.05, 0.1) is 6.04 Å². The average Bonchev–Trinajstić information content (AvgIpc) is 3.28. The van der Waals surface area contributed by atoms with Crippen LogP contribution in [0.4, 0.5) is 0 Å². The van der Waals surface area contributed by atoms with Gasteiger partial charge < -0.3 is 14.5 Å². The summed E-state index contributed by atoms with van der Waals surface area (Å²) in [6, 6.07) is 29.7. The van der Waals surface area contributed by atoms with Gasteiger partial charge in [-0.2, -0.15) is 0 Å². The summed E-state index contributed by atoms with van der Waals surface area (Å²) in [5.74, 6) is 1.72. The molecule has 0 spiro atoms. The molecule has 1 aliphatic carbocycles. The molecule has 3 aromatic rings. The number of hydrogen-bond acceptors (Lipinski definition) is 3. The lowest BCUT2D eigenvalue weighted by Crippen LogP contribution is -2.34. The Labute approximate surface area is 237 Å². The van der Waals surface area contributed by atoms with Crippen molar-refractivity contribution in [1.82, 2.24) is 9.80 Å². The first-order valence-electron chi connectivity index (χ1n) is 13.9. The van der Waals surface area contributed by atoms with E-state index in [1.54, 1.807) is 0 Å². The molecular weight excluding hydrogens is 500 g/mol. The minimum atomic E-state index is 0.274. The van der Waals surface area contributed by atoms with Crippen LogP contribution in [0.3, 0.4) is 0 Å². The van der Waals surface area contributed by atoms with E-state index in [-0.39, 0.29) is 6.04 Å². The van der Waals surface area contributed by atoms with Gasteiger partial charge in [0.15, 0.2) is 0 Å². The van der Waals surface area contributed by atoms with E-state index in [9.17, 15) is 0 Å². The van der Waals surface area contributed by atoms with E-state index >= 15 is 0 Å². The standard InChI is InChI=1S/C35H35ClN2O/c1-26-35-33(19-21-37(26)24-28-12-6-3-7-13-28)32-18-17-31(39-25-29-14-8-16-30(36)22-29)23-34(32)38(35)20-9-15-27-10-4-2-5-11-27/h2-8,10-14,16-19,21-23,32-34H,9,15,20,24-25H2,1H3. The second kappa shape index (κ2) is 11.6. The average molecular weight is 535 g/mol. The van der Waals surface area contributed by atoms with Crippen LogP contribution in [0, 0.1) is 11.8 Å². The molecule has 39 heavy (non-hydrogen) atoms. The molecule has 1 saturated heterocycles. The first kappa shape index (κ1) is 25.6. The summed E-state index contributed by atoms with van der Waals surface area (Å²) in [4.78, 5) is 5.06. The molecule has 3 atom stereocenters. The lowest BCUT2D eigenvalue weighted by atomic mass is 9.84. The first-order chi connectivity index (χ1) is 19.2. The van der Waals surface area contributed by atoms with Crippen LogP contribution in [0.15, 0.2) is 133 Å². The lowest BCUT2D eigenvalue weighted by Gasteiger charge is -2.34. The number of allylic oxidation sites excluding steroid dienone is 3. The molecule has 3 aliphatic rings. The molecule has 4 heteroatoms. The third-order valence-corrected chi connectivity index (χ3v) is 8.32. The molecule has 3 nitrogen and oxygen atoms in total. The zero-order chi connectivity index (χ0) is 26.6. The Morgan fingerprint density at radius 3 is 2.36 bits per heavy atom. The van der Waals surface area contributed by atoms with Crippen molar-refractivity contribution in [3.05, 3.63) is 154 Å². The Bertz CT molecular complexity index is 1410. The van der Waals surface area contributed by atoms with E-state index in [0.29, 0.717) is 18.4 Å². The highest BCUT2D eigenvalue weighted by atomic mass is 35.5. The highest BCUT2D eigenvalue weighted by molar-refractivity contribution is 6.30. The van der Waals surface area contributed by atoms with E-state index < -0.39 is 0 Å². The summed E-state index contributed by atoms with van der Waals surface area (Å²) in [5.41, 5.74) is 6.60. The molecule has 2 heterocycles. The molecule has 0 amide bonds. The van der Waals surface area contributed by atoms with Crippen molar-refractivity contribution in [2.45, 2.75) is 39.0 Å². The van der Waals surface area contributed by atoms with Crippen molar-refractivity contribution >= 4 is 11.6 Å². The number of likely N-dealkylation sites (tertiary alicyclic amines) is 1. The van der Waals surface area contributed by atoms with Gasteiger partial charge in [-0.3, -0.25) is 0 Å². The molecule has 0 aromatic heterocycles. The van der Waals surface area contributed by atoms with Gasteiger partial charge in [0.25, 0.3) is 0 Å². The Morgan fingerprint density at radius 1 is 0.846 bits per heavy atom. The van der Waals surface area contributed by atoms with Crippen LogP contribution in [0.25, 0.3) is 0 Å². The van der Waals surface area contributed by atoms with Crippen LogP contribution >= 0.6 is 11.6 Å². The predicted octanol–water partition coefficient (Wildman–Crippen LogP) is 8.12. The molecule has 6 rings (SSSR count). The normalized spacial score (nSPS) is 21.6. The molecule has 2 aliphatic heterocycles. The second-order valence-electron chi connectivity index (χ2n) is 10.6. The number of fused-ring (bicyclic) bond motifs is 3. The molecule has 0 N–H and O–H groups in total. The Kier molecular flexibility index (Phi) is 7.60. The molecule has 1 fully saturated rings. The molecule has 198 valence electrons. The SMILES string of the molecule is CC1=C2C(C=CN1Cc1ccccc1)C1C=CC(OCc3cccc(Cl)c3)=CC1N2CCCc1ccccc1. The van der Waals surface area contributed by atoms with E-state index in [1.165, 1.54) is 22.5 Å². The smallest absolute Gasteiger partial charge is 0.117 e. The maximum atomic E-state index is 6.28. The summed E-state index contributed by atoms with van der Waals surface area (Å²) in [5, 5.41) is 0.739. The van der Waals surface area contributed by atoms with Crippen LogP contribution in [0.2, 0.25) is 5.02 Å². The number of aryl methyl sites for hydroxylation is 1. The zero-order valence-electron chi connectivity index (χ0n) is 22.4. The minimum Gasteiger partial charge on any atom is -0.489 e. The fourth-order valence-corrected chi connectivity index (χ4v) is 6.36. The number of ether oxygens (including phenoxy) is 1. The summed E-state index contributed by atoms with van der Waals surface area (Å²) < 4.78 is 6.28. The quantitative estimate of drug-likeness (QED) is 0.275. The third kappa shape index (κ3) is 5.69. The van der Waals surface area contributed by atoms with E-state index in [4.69, 9.17) is 16.3 Å². The lowest BCUT2D eigenvalue weighted by molar-refractivity contribution is 0.200. The molecule has 0 saturated carbocycles. The summed E-state index contributed by atoms with van der Waals surface area (Å²) >= 11 is 6.19.